The number of hydrogen-bond donors (Lipinski definition) is 1. The second-order valence-electron chi connectivity index (χ2n) is 5.28. The molecule has 1 N–H and O–H groups in total. The summed E-state index contributed by atoms with van der Waals surface area (Å²) in [6.07, 6.45) is 1.13. The number of imidazole rings is 1. The van der Waals surface area contributed by atoms with E-state index in [2.05, 4.69) is 33.9 Å². The number of furan rings is 1. The maximum Gasteiger partial charge on any atom is 0.124 e. The average Bonchev–Trinajstić information content (AvgIpc) is 3.05. The van der Waals surface area contributed by atoms with Gasteiger partial charge in [-0.1, -0.05) is 19.1 Å². The van der Waals surface area contributed by atoms with Crippen LogP contribution in [0.15, 0.2) is 40.8 Å². The van der Waals surface area contributed by atoms with Crippen molar-refractivity contribution in [2.75, 3.05) is 6.54 Å². The standard InChI is InChI=1S/C17H21N3O/c1-3-10-18-11-14-8-9-15(21-14)12-20-13(2)19-16-6-4-5-7-17(16)20/h4-9,18H,3,10-12H2,1-2H3. The predicted molar refractivity (Wildman–Crippen MR) is 84.3 cm³/mol. The summed E-state index contributed by atoms with van der Waals surface area (Å²) in [6.45, 7) is 6.72. The van der Waals surface area contributed by atoms with Gasteiger partial charge in [0, 0.05) is 0 Å². The molecule has 0 fully saturated rings. The Morgan fingerprint density at radius 1 is 1.14 bits per heavy atom. The molecule has 2 aromatic heterocycles. The van der Waals surface area contributed by atoms with E-state index in [1.165, 1.54) is 0 Å². The van der Waals surface area contributed by atoms with E-state index in [0.717, 1.165) is 54.4 Å². The lowest BCUT2D eigenvalue weighted by Crippen LogP contribution is -2.13. The summed E-state index contributed by atoms with van der Waals surface area (Å²) in [5.41, 5.74) is 2.18. The maximum absolute atomic E-state index is 5.90. The third kappa shape index (κ3) is 3.00. The van der Waals surface area contributed by atoms with Gasteiger partial charge in [0.15, 0.2) is 0 Å². The largest absolute Gasteiger partial charge is 0.463 e. The second kappa shape index (κ2) is 6.14. The van der Waals surface area contributed by atoms with Gasteiger partial charge in [0.05, 0.1) is 24.1 Å². The molecule has 0 unspecified atom stereocenters. The van der Waals surface area contributed by atoms with Crippen LogP contribution in [-0.2, 0) is 13.1 Å². The highest BCUT2D eigenvalue weighted by atomic mass is 16.3. The van der Waals surface area contributed by atoms with Crippen LogP contribution in [-0.4, -0.2) is 16.1 Å². The van der Waals surface area contributed by atoms with Crippen molar-refractivity contribution in [3.05, 3.63) is 53.7 Å². The van der Waals surface area contributed by atoms with Crippen molar-refractivity contribution in [3.63, 3.8) is 0 Å². The molecule has 0 radical (unpaired) electrons. The van der Waals surface area contributed by atoms with Crippen molar-refractivity contribution in [2.45, 2.75) is 33.4 Å². The molecule has 0 saturated heterocycles. The number of rotatable bonds is 6. The Morgan fingerprint density at radius 3 is 2.81 bits per heavy atom. The lowest BCUT2D eigenvalue weighted by Gasteiger charge is -2.04. The molecule has 0 spiro atoms. The first-order valence-electron chi connectivity index (χ1n) is 7.48. The number of fused-ring (bicyclic) bond motifs is 1. The Labute approximate surface area is 124 Å². The average molecular weight is 283 g/mol. The number of hydrogen-bond acceptors (Lipinski definition) is 3. The minimum atomic E-state index is 0.722. The van der Waals surface area contributed by atoms with Crippen molar-refractivity contribution in [3.8, 4) is 0 Å². The zero-order chi connectivity index (χ0) is 14.7. The van der Waals surface area contributed by atoms with E-state index in [9.17, 15) is 0 Å². The Kier molecular flexibility index (Phi) is 4.06. The van der Waals surface area contributed by atoms with Gasteiger partial charge in [-0.15, -0.1) is 0 Å². The molecule has 0 atom stereocenters. The number of aromatic nitrogens is 2. The Morgan fingerprint density at radius 2 is 1.95 bits per heavy atom. The molecule has 110 valence electrons. The van der Waals surface area contributed by atoms with Crippen LogP contribution in [0, 0.1) is 6.92 Å². The minimum Gasteiger partial charge on any atom is -0.463 e. The molecular weight excluding hydrogens is 262 g/mol. The molecule has 0 aliphatic carbocycles. The van der Waals surface area contributed by atoms with E-state index in [1.54, 1.807) is 0 Å². The molecular formula is C17H21N3O. The van der Waals surface area contributed by atoms with Gasteiger partial charge in [-0.25, -0.2) is 4.98 Å². The van der Waals surface area contributed by atoms with Crippen LogP contribution in [0.1, 0.15) is 30.7 Å². The van der Waals surface area contributed by atoms with Crippen LogP contribution in [0.25, 0.3) is 11.0 Å². The van der Waals surface area contributed by atoms with Gasteiger partial charge >= 0.3 is 0 Å². The van der Waals surface area contributed by atoms with E-state index in [0.29, 0.717) is 0 Å². The molecule has 0 aliphatic heterocycles. The molecule has 0 saturated carbocycles. The monoisotopic (exact) mass is 283 g/mol. The van der Waals surface area contributed by atoms with E-state index in [-0.39, 0.29) is 0 Å². The quantitative estimate of drug-likeness (QED) is 0.704. The maximum atomic E-state index is 5.90. The zero-order valence-corrected chi connectivity index (χ0v) is 12.6. The van der Waals surface area contributed by atoms with Gasteiger partial charge < -0.3 is 14.3 Å². The summed E-state index contributed by atoms with van der Waals surface area (Å²) >= 11 is 0. The summed E-state index contributed by atoms with van der Waals surface area (Å²) < 4.78 is 8.09. The Balaban J connectivity index is 1.77. The molecule has 4 heteroatoms. The van der Waals surface area contributed by atoms with E-state index in [1.807, 2.05) is 31.2 Å². The molecule has 21 heavy (non-hydrogen) atoms. The summed E-state index contributed by atoms with van der Waals surface area (Å²) in [4.78, 5) is 4.59. The van der Waals surface area contributed by atoms with Crippen LogP contribution >= 0.6 is 0 Å². The molecule has 2 heterocycles. The van der Waals surface area contributed by atoms with Crippen LogP contribution < -0.4 is 5.32 Å². The smallest absolute Gasteiger partial charge is 0.124 e. The first-order valence-corrected chi connectivity index (χ1v) is 7.48. The summed E-state index contributed by atoms with van der Waals surface area (Å²) in [5.74, 6) is 2.97. The zero-order valence-electron chi connectivity index (χ0n) is 12.6. The molecule has 0 amide bonds. The van der Waals surface area contributed by atoms with Gasteiger partial charge in [-0.3, -0.25) is 0 Å². The molecule has 3 aromatic rings. The third-order valence-electron chi connectivity index (χ3n) is 3.60. The number of aryl methyl sites for hydroxylation is 1. The summed E-state index contributed by atoms with van der Waals surface area (Å²) in [5, 5.41) is 3.35. The SMILES string of the molecule is CCCNCc1ccc(Cn2c(C)nc3ccccc32)o1. The van der Waals surface area contributed by atoms with Crippen molar-refractivity contribution in [1.29, 1.82) is 0 Å². The number of nitrogens with one attached hydrogen (secondary N) is 1. The van der Waals surface area contributed by atoms with Crippen LogP contribution in [0.5, 0.6) is 0 Å². The van der Waals surface area contributed by atoms with Crippen molar-refractivity contribution in [1.82, 2.24) is 14.9 Å². The van der Waals surface area contributed by atoms with Crippen LogP contribution in [0.3, 0.4) is 0 Å². The van der Waals surface area contributed by atoms with Crippen molar-refractivity contribution in [2.24, 2.45) is 0 Å². The van der Waals surface area contributed by atoms with Gasteiger partial charge in [-0.05, 0) is 44.2 Å². The second-order valence-corrected chi connectivity index (χ2v) is 5.28. The molecule has 3 rings (SSSR count). The molecule has 1 aromatic carbocycles. The fourth-order valence-electron chi connectivity index (χ4n) is 2.54. The normalized spacial score (nSPS) is 11.3. The van der Waals surface area contributed by atoms with Gasteiger partial charge in [0.2, 0.25) is 0 Å². The van der Waals surface area contributed by atoms with Crippen molar-refractivity contribution < 1.29 is 4.42 Å². The topological polar surface area (TPSA) is 43.0 Å². The third-order valence-corrected chi connectivity index (χ3v) is 3.60. The fraction of sp³-hybridized carbons (Fsp3) is 0.353. The van der Waals surface area contributed by atoms with Crippen LogP contribution in [0.2, 0.25) is 0 Å². The molecule has 0 aliphatic rings. The number of nitrogens with zero attached hydrogens (tertiary/aromatic N) is 2. The molecule has 0 bridgehead atoms. The Hall–Kier alpha value is -2.07. The predicted octanol–water partition coefficient (Wildman–Crippen LogP) is 3.49. The van der Waals surface area contributed by atoms with Gasteiger partial charge in [0.1, 0.15) is 17.3 Å². The van der Waals surface area contributed by atoms with Crippen molar-refractivity contribution >= 4 is 11.0 Å². The number of para-hydroxylation sites is 2. The van der Waals surface area contributed by atoms with Crippen LogP contribution in [0.4, 0.5) is 0 Å². The first kappa shape index (κ1) is 13.9. The van der Waals surface area contributed by atoms with Gasteiger partial charge in [0.25, 0.3) is 0 Å². The lowest BCUT2D eigenvalue weighted by atomic mass is 10.3. The van der Waals surface area contributed by atoms with Gasteiger partial charge in [-0.2, -0.15) is 0 Å². The first-order chi connectivity index (χ1) is 10.3. The highest BCUT2D eigenvalue weighted by Crippen LogP contribution is 2.18. The molecule has 4 nitrogen and oxygen atoms in total. The minimum absolute atomic E-state index is 0.722. The highest BCUT2D eigenvalue weighted by Gasteiger charge is 2.09. The highest BCUT2D eigenvalue weighted by molar-refractivity contribution is 5.75. The Bertz CT molecular complexity index is 727. The van der Waals surface area contributed by atoms with E-state index >= 15 is 0 Å². The lowest BCUT2D eigenvalue weighted by molar-refractivity contribution is 0.438. The number of benzene rings is 1. The summed E-state index contributed by atoms with van der Waals surface area (Å²) in [7, 11) is 0. The van der Waals surface area contributed by atoms with E-state index in [4.69, 9.17) is 4.42 Å². The fourth-order valence-corrected chi connectivity index (χ4v) is 2.54. The van der Waals surface area contributed by atoms with E-state index < -0.39 is 0 Å². The summed E-state index contributed by atoms with van der Waals surface area (Å²) in [6, 6.07) is 12.3.